The van der Waals surface area contributed by atoms with E-state index in [0.717, 1.165) is 27.4 Å². The molecule has 0 atom stereocenters. The van der Waals surface area contributed by atoms with E-state index in [9.17, 15) is 14.4 Å². The summed E-state index contributed by atoms with van der Waals surface area (Å²) in [5, 5.41) is 2.94. The molecule has 6 nitrogen and oxygen atoms in total. The number of aryl methyl sites for hydroxylation is 1. The molecule has 174 valence electrons. The highest BCUT2D eigenvalue weighted by Crippen LogP contribution is 2.28. The van der Waals surface area contributed by atoms with Crippen molar-refractivity contribution >= 4 is 17.7 Å². The Labute approximate surface area is 199 Å². The van der Waals surface area contributed by atoms with Crippen LogP contribution >= 0.6 is 0 Å². The molecule has 0 aliphatic carbocycles. The molecular weight excluding hydrogens is 426 g/mol. The second kappa shape index (κ2) is 9.51. The fourth-order valence-corrected chi connectivity index (χ4v) is 4.73. The van der Waals surface area contributed by atoms with Crippen LogP contribution in [0.15, 0.2) is 79.4 Å². The van der Waals surface area contributed by atoms with Crippen LogP contribution in [0.25, 0.3) is 0 Å². The third-order valence-corrected chi connectivity index (χ3v) is 6.43. The van der Waals surface area contributed by atoms with Crippen LogP contribution in [-0.2, 0) is 24.2 Å². The maximum absolute atomic E-state index is 13.7. The molecule has 0 radical (unpaired) electrons. The summed E-state index contributed by atoms with van der Waals surface area (Å²) in [7, 11) is 0. The molecule has 0 saturated carbocycles. The van der Waals surface area contributed by atoms with Gasteiger partial charge in [-0.2, -0.15) is 0 Å². The molecule has 0 unspecified atom stereocenters. The van der Waals surface area contributed by atoms with Gasteiger partial charge in [0.25, 0.3) is 5.91 Å². The molecule has 0 spiro atoms. The molecule has 1 saturated heterocycles. The van der Waals surface area contributed by atoms with Crippen molar-refractivity contribution in [2.45, 2.75) is 38.8 Å². The Morgan fingerprint density at radius 2 is 1.53 bits per heavy atom. The number of nitrogens with one attached hydrogen (secondary N) is 1. The van der Waals surface area contributed by atoms with E-state index in [1.54, 1.807) is 12.1 Å². The van der Waals surface area contributed by atoms with E-state index in [4.69, 9.17) is 0 Å². The van der Waals surface area contributed by atoms with Gasteiger partial charge < -0.3 is 9.88 Å². The summed E-state index contributed by atoms with van der Waals surface area (Å²) in [5.74, 6) is -0.638. The molecule has 34 heavy (non-hydrogen) atoms. The normalized spacial score (nSPS) is 14.8. The lowest BCUT2D eigenvalue weighted by Crippen LogP contribution is -2.51. The van der Waals surface area contributed by atoms with Crippen molar-refractivity contribution in [2.24, 2.45) is 0 Å². The predicted molar refractivity (Wildman–Crippen MR) is 132 cm³/mol. The first-order valence-electron chi connectivity index (χ1n) is 11.4. The third-order valence-electron chi connectivity index (χ3n) is 6.43. The first-order valence-corrected chi connectivity index (χ1v) is 11.4. The van der Waals surface area contributed by atoms with Crippen LogP contribution in [0.3, 0.4) is 0 Å². The summed E-state index contributed by atoms with van der Waals surface area (Å²) in [5.41, 5.74) is 2.97. The Morgan fingerprint density at radius 3 is 2.06 bits per heavy atom. The van der Waals surface area contributed by atoms with Gasteiger partial charge >= 0.3 is 6.03 Å². The van der Waals surface area contributed by atoms with Gasteiger partial charge in [-0.25, -0.2) is 4.79 Å². The standard InChI is InChI=1S/C28H29N3O3/c1-4-15-30-20(2)16-24(21(30)3)25(32)19-31-26(33)28(29-27(31)34,17-22-11-7-5-8-12-22)18-23-13-9-6-10-14-23/h4-14,16H,1,15,17-19H2,2-3H3,(H,29,34). The number of allylic oxidation sites excluding steroid dienone is 1. The Balaban J connectivity index is 1.63. The molecule has 2 aromatic carbocycles. The zero-order valence-electron chi connectivity index (χ0n) is 19.6. The minimum Gasteiger partial charge on any atom is -0.345 e. The van der Waals surface area contributed by atoms with Crippen molar-refractivity contribution in [3.05, 3.63) is 107 Å². The number of carbonyl (C=O) groups is 3. The smallest absolute Gasteiger partial charge is 0.325 e. The Bertz CT molecular complexity index is 1190. The molecule has 3 amide bonds. The first-order chi connectivity index (χ1) is 16.3. The number of amides is 3. The average molecular weight is 456 g/mol. The van der Waals surface area contributed by atoms with Gasteiger partial charge in [0, 0.05) is 36.3 Å². The van der Waals surface area contributed by atoms with Crippen LogP contribution in [-0.4, -0.2) is 39.3 Å². The molecule has 3 aromatic rings. The topological polar surface area (TPSA) is 71.4 Å². The monoisotopic (exact) mass is 455 g/mol. The van der Waals surface area contributed by atoms with Crippen molar-refractivity contribution in [1.29, 1.82) is 0 Å². The molecule has 6 heteroatoms. The summed E-state index contributed by atoms with van der Waals surface area (Å²) in [4.78, 5) is 41.0. The number of urea groups is 1. The molecule has 1 aliphatic rings. The van der Waals surface area contributed by atoms with Crippen molar-refractivity contribution in [3.63, 3.8) is 0 Å². The van der Waals surface area contributed by atoms with Crippen molar-refractivity contribution in [2.75, 3.05) is 6.54 Å². The molecule has 1 fully saturated rings. The number of hydrogen-bond acceptors (Lipinski definition) is 3. The number of ketones is 1. The molecule has 1 N–H and O–H groups in total. The van der Waals surface area contributed by atoms with Crippen molar-refractivity contribution in [1.82, 2.24) is 14.8 Å². The number of benzene rings is 2. The lowest BCUT2D eigenvalue weighted by molar-refractivity contribution is -0.131. The van der Waals surface area contributed by atoms with E-state index in [0.29, 0.717) is 24.9 Å². The van der Waals surface area contributed by atoms with Gasteiger partial charge in [-0.15, -0.1) is 6.58 Å². The summed E-state index contributed by atoms with van der Waals surface area (Å²) in [6, 6.07) is 20.5. The average Bonchev–Trinajstić information content (AvgIpc) is 3.23. The Kier molecular flexibility index (Phi) is 6.50. The SMILES string of the molecule is C=CCn1c(C)cc(C(=O)CN2C(=O)NC(Cc3ccccc3)(Cc3ccccc3)C2=O)c1C. The fourth-order valence-electron chi connectivity index (χ4n) is 4.73. The molecule has 0 bridgehead atoms. The maximum Gasteiger partial charge on any atom is 0.325 e. The van der Waals surface area contributed by atoms with Gasteiger partial charge in [-0.1, -0.05) is 66.7 Å². The third kappa shape index (κ3) is 4.44. The van der Waals surface area contributed by atoms with Crippen molar-refractivity contribution < 1.29 is 14.4 Å². The fraction of sp³-hybridized carbons (Fsp3) is 0.250. The zero-order valence-corrected chi connectivity index (χ0v) is 19.6. The largest absolute Gasteiger partial charge is 0.345 e. The quantitative estimate of drug-likeness (QED) is 0.298. The van der Waals surface area contributed by atoms with Gasteiger partial charge in [-0.05, 0) is 31.0 Å². The van der Waals surface area contributed by atoms with Crippen LogP contribution in [0.5, 0.6) is 0 Å². The van der Waals surface area contributed by atoms with E-state index in [2.05, 4.69) is 11.9 Å². The van der Waals surface area contributed by atoms with E-state index in [1.807, 2.05) is 79.1 Å². The zero-order chi connectivity index (χ0) is 24.3. The van der Waals surface area contributed by atoms with Gasteiger partial charge in [0.15, 0.2) is 5.78 Å². The number of imide groups is 1. The number of carbonyl (C=O) groups excluding carboxylic acids is 3. The Morgan fingerprint density at radius 1 is 0.971 bits per heavy atom. The van der Waals surface area contributed by atoms with Crippen molar-refractivity contribution in [3.8, 4) is 0 Å². The number of aromatic nitrogens is 1. The minimum absolute atomic E-state index is 0.262. The van der Waals surface area contributed by atoms with Crippen LogP contribution in [0, 0.1) is 13.8 Å². The molecular formula is C28H29N3O3. The van der Waals surface area contributed by atoms with Crippen LogP contribution in [0.2, 0.25) is 0 Å². The lowest BCUT2D eigenvalue weighted by Gasteiger charge is -2.27. The molecule has 1 aromatic heterocycles. The number of Topliss-reactive ketones (excluding diaryl/α,β-unsaturated/α-hetero) is 1. The van der Waals surface area contributed by atoms with E-state index >= 15 is 0 Å². The predicted octanol–water partition coefficient (Wildman–Crippen LogP) is 4.25. The van der Waals surface area contributed by atoms with Gasteiger partial charge in [0.1, 0.15) is 5.54 Å². The summed E-state index contributed by atoms with van der Waals surface area (Å²) in [6.45, 7) is 7.85. The summed E-state index contributed by atoms with van der Waals surface area (Å²) in [6.07, 6.45) is 2.45. The second-order valence-corrected chi connectivity index (χ2v) is 8.84. The second-order valence-electron chi connectivity index (χ2n) is 8.84. The number of nitrogens with zero attached hydrogens (tertiary/aromatic N) is 2. The molecule has 1 aliphatic heterocycles. The first kappa shape index (κ1) is 23.2. The van der Waals surface area contributed by atoms with E-state index < -0.39 is 11.6 Å². The van der Waals surface area contributed by atoms with E-state index in [1.165, 1.54) is 0 Å². The summed E-state index contributed by atoms with van der Waals surface area (Å²) >= 11 is 0. The van der Waals surface area contributed by atoms with Gasteiger partial charge in [0.2, 0.25) is 0 Å². The lowest BCUT2D eigenvalue weighted by atomic mass is 9.84. The maximum atomic E-state index is 13.7. The number of hydrogen-bond donors (Lipinski definition) is 1. The van der Waals surface area contributed by atoms with Gasteiger partial charge in [-0.3, -0.25) is 14.5 Å². The van der Waals surface area contributed by atoms with E-state index in [-0.39, 0.29) is 18.2 Å². The highest BCUT2D eigenvalue weighted by Gasteiger charge is 2.51. The Hall–Kier alpha value is -3.93. The summed E-state index contributed by atoms with van der Waals surface area (Å²) < 4.78 is 1.99. The molecule has 2 heterocycles. The molecule has 4 rings (SSSR count). The van der Waals surface area contributed by atoms with Crippen LogP contribution in [0.4, 0.5) is 4.79 Å². The van der Waals surface area contributed by atoms with Crippen LogP contribution in [0.1, 0.15) is 32.9 Å². The van der Waals surface area contributed by atoms with Gasteiger partial charge in [0.05, 0.1) is 6.54 Å². The van der Waals surface area contributed by atoms with Crippen LogP contribution < -0.4 is 5.32 Å². The highest BCUT2D eigenvalue weighted by atomic mass is 16.2. The highest BCUT2D eigenvalue weighted by molar-refractivity contribution is 6.11. The number of rotatable bonds is 9. The minimum atomic E-state index is -1.15.